The van der Waals surface area contributed by atoms with Crippen LogP contribution in [-0.4, -0.2) is 17.6 Å². The highest BCUT2D eigenvalue weighted by Gasteiger charge is 2.35. The number of ether oxygens (including phenoxy) is 1. The van der Waals surface area contributed by atoms with Gasteiger partial charge in [0.1, 0.15) is 16.9 Å². The van der Waals surface area contributed by atoms with Crippen LogP contribution < -0.4 is 9.64 Å². The molecule has 3 aromatic carbocycles. The molecule has 1 aliphatic rings. The van der Waals surface area contributed by atoms with Crippen molar-refractivity contribution in [3.8, 4) is 5.75 Å². The first-order valence-corrected chi connectivity index (χ1v) is 10.6. The summed E-state index contributed by atoms with van der Waals surface area (Å²) in [5.41, 5.74) is 3.66. The normalized spacial score (nSPS) is 16.0. The van der Waals surface area contributed by atoms with Crippen molar-refractivity contribution >= 4 is 29.3 Å². The van der Waals surface area contributed by atoms with Crippen molar-refractivity contribution in [3.63, 3.8) is 0 Å². The summed E-state index contributed by atoms with van der Waals surface area (Å²) in [7, 11) is 0. The highest BCUT2D eigenvalue weighted by molar-refractivity contribution is 8.00. The number of nitrogens with zero attached hydrogens (tertiary/aromatic N) is 1. The van der Waals surface area contributed by atoms with E-state index in [1.807, 2.05) is 32.0 Å². The van der Waals surface area contributed by atoms with Crippen molar-refractivity contribution in [2.75, 3.05) is 10.7 Å². The molecular weight excluding hydrogens is 401 g/mol. The van der Waals surface area contributed by atoms with Gasteiger partial charge in [0.15, 0.2) is 0 Å². The topological polar surface area (TPSA) is 46.6 Å². The van der Waals surface area contributed by atoms with Crippen molar-refractivity contribution in [3.05, 3.63) is 94.8 Å². The second-order valence-electron chi connectivity index (χ2n) is 7.13. The Balaban J connectivity index is 1.60. The molecule has 0 saturated carbocycles. The summed E-state index contributed by atoms with van der Waals surface area (Å²) in [6.45, 7) is 3.74. The van der Waals surface area contributed by atoms with E-state index in [9.17, 15) is 14.0 Å². The van der Waals surface area contributed by atoms with Crippen LogP contribution in [0.1, 0.15) is 32.4 Å². The summed E-state index contributed by atoms with van der Waals surface area (Å²) in [6, 6.07) is 18.7. The number of anilines is 1. The number of benzene rings is 3. The van der Waals surface area contributed by atoms with Gasteiger partial charge in [0.2, 0.25) is 5.91 Å². The van der Waals surface area contributed by atoms with Crippen molar-refractivity contribution in [1.29, 1.82) is 0 Å². The number of esters is 1. The van der Waals surface area contributed by atoms with Gasteiger partial charge in [-0.1, -0.05) is 30.3 Å². The number of carbonyl (C=O) groups excluding carboxylic acids is 2. The Labute approximate surface area is 178 Å². The fraction of sp³-hybridized carbons (Fsp3) is 0.167. The molecule has 0 radical (unpaired) electrons. The molecule has 0 bridgehead atoms. The molecule has 0 spiro atoms. The maximum atomic E-state index is 13.3. The second kappa shape index (κ2) is 8.32. The predicted octanol–water partition coefficient (Wildman–Crippen LogP) is 5.44. The lowest BCUT2D eigenvalue weighted by Gasteiger charge is -2.26. The minimum atomic E-state index is -0.448. The van der Waals surface area contributed by atoms with Crippen LogP contribution in [0.3, 0.4) is 0 Å². The van der Waals surface area contributed by atoms with E-state index in [1.165, 1.54) is 23.9 Å². The molecule has 6 heteroatoms. The van der Waals surface area contributed by atoms with Crippen LogP contribution in [0.4, 0.5) is 10.1 Å². The average molecular weight is 421 g/mol. The minimum absolute atomic E-state index is 0.0207. The Kier molecular flexibility index (Phi) is 5.59. The third-order valence-electron chi connectivity index (χ3n) is 5.01. The van der Waals surface area contributed by atoms with E-state index in [2.05, 4.69) is 0 Å². The molecule has 1 fully saturated rings. The number of halogens is 1. The summed E-state index contributed by atoms with van der Waals surface area (Å²) in [6.07, 6.45) is 0. The standard InChI is InChI=1S/C24H20FNO3S/c1-15-5-3-4-6-21(15)29-24(28)18-9-12-20(16(2)13-18)26-22(27)14-30-23(26)17-7-10-19(25)11-8-17/h3-13,23H,14H2,1-2H3. The monoisotopic (exact) mass is 421 g/mol. The zero-order chi connectivity index (χ0) is 21.3. The Morgan fingerprint density at radius 1 is 1.03 bits per heavy atom. The van der Waals surface area contributed by atoms with Gasteiger partial charge in [-0.25, -0.2) is 9.18 Å². The third-order valence-corrected chi connectivity index (χ3v) is 6.22. The van der Waals surface area contributed by atoms with E-state index < -0.39 is 5.97 Å². The lowest BCUT2D eigenvalue weighted by atomic mass is 10.1. The lowest BCUT2D eigenvalue weighted by molar-refractivity contribution is -0.115. The van der Waals surface area contributed by atoms with Crippen molar-refractivity contribution < 1.29 is 18.7 Å². The summed E-state index contributed by atoms with van der Waals surface area (Å²) in [5.74, 6) is 0.0846. The van der Waals surface area contributed by atoms with E-state index in [4.69, 9.17) is 4.74 Å². The highest BCUT2D eigenvalue weighted by Crippen LogP contribution is 2.42. The maximum Gasteiger partial charge on any atom is 0.343 e. The molecule has 4 rings (SSSR count). The Morgan fingerprint density at radius 3 is 2.47 bits per heavy atom. The second-order valence-corrected chi connectivity index (χ2v) is 8.20. The molecule has 4 nitrogen and oxygen atoms in total. The molecule has 1 unspecified atom stereocenters. The number of para-hydroxylation sites is 1. The van der Waals surface area contributed by atoms with Crippen molar-refractivity contribution in [1.82, 2.24) is 0 Å². The number of thioether (sulfide) groups is 1. The number of amides is 1. The predicted molar refractivity (Wildman–Crippen MR) is 116 cm³/mol. The molecule has 1 saturated heterocycles. The molecule has 0 aliphatic carbocycles. The van der Waals surface area contributed by atoms with Crippen LogP contribution in [0.2, 0.25) is 0 Å². The Hall–Kier alpha value is -3.12. The Morgan fingerprint density at radius 2 is 1.77 bits per heavy atom. The van der Waals surface area contributed by atoms with Gasteiger partial charge in [0, 0.05) is 5.69 Å². The van der Waals surface area contributed by atoms with Crippen LogP contribution in [0.5, 0.6) is 5.75 Å². The fourth-order valence-electron chi connectivity index (χ4n) is 3.44. The number of aryl methyl sites for hydroxylation is 2. The van der Waals surface area contributed by atoms with Gasteiger partial charge < -0.3 is 4.74 Å². The van der Waals surface area contributed by atoms with Gasteiger partial charge in [-0.3, -0.25) is 9.69 Å². The molecule has 1 amide bonds. The number of hydrogen-bond acceptors (Lipinski definition) is 4. The number of carbonyl (C=O) groups is 2. The van der Waals surface area contributed by atoms with Gasteiger partial charge in [-0.05, 0) is 66.9 Å². The molecule has 0 aromatic heterocycles. The van der Waals surface area contributed by atoms with E-state index in [1.54, 1.807) is 41.3 Å². The first-order chi connectivity index (χ1) is 14.4. The third kappa shape index (κ3) is 3.96. The van der Waals surface area contributed by atoms with Gasteiger partial charge in [-0.15, -0.1) is 11.8 Å². The maximum absolute atomic E-state index is 13.3. The first-order valence-electron chi connectivity index (χ1n) is 9.51. The van der Waals surface area contributed by atoms with Crippen LogP contribution in [-0.2, 0) is 4.79 Å². The summed E-state index contributed by atoms with van der Waals surface area (Å²) in [5, 5.41) is -0.235. The fourth-order valence-corrected chi connectivity index (χ4v) is 4.61. The number of hydrogen-bond donors (Lipinski definition) is 0. The van der Waals surface area contributed by atoms with Crippen LogP contribution in [0, 0.1) is 19.7 Å². The van der Waals surface area contributed by atoms with Gasteiger partial charge in [-0.2, -0.15) is 0 Å². The molecule has 152 valence electrons. The van der Waals surface area contributed by atoms with E-state index in [0.717, 1.165) is 22.4 Å². The quantitative estimate of drug-likeness (QED) is 0.416. The zero-order valence-electron chi connectivity index (χ0n) is 16.6. The highest BCUT2D eigenvalue weighted by atomic mass is 32.2. The molecule has 30 heavy (non-hydrogen) atoms. The molecule has 1 aliphatic heterocycles. The lowest BCUT2D eigenvalue weighted by Crippen LogP contribution is -2.28. The molecule has 1 heterocycles. The van der Waals surface area contributed by atoms with Crippen LogP contribution >= 0.6 is 11.8 Å². The van der Waals surface area contributed by atoms with Gasteiger partial charge in [0.25, 0.3) is 0 Å². The Bertz CT molecular complexity index is 1110. The summed E-state index contributed by atoms with van der Waals surface area (Å²) in [4.78, 5) is 26.9. The van der Waals surface area contributed by atoms with Crippen molar-refractivity contribution in [2.24, 2.45) is 0 Å². The molecule has 0 N–H and O–H groups in total. The van der Waals surface area contributed by atoms with E-state index in [-0.39, 0.29) is 17.1 Å². The van der Waals surface area contributed by atoms with E-state index in [0.29, 0.717) is 17.1 Å². The smallest absolute Gasteiger partial charge is 0.343 e. The molecular formula is C24H20FNO3S. The van der Waals surface area contributed by atoms with Gasteiger partial charge >= 0.3 is 5.97 Å². The summed E-state index contributed by atoms with van der Waals surface area (Å²) < 4.78 is 18.8. The van der Waals surface area contributed by atoms with E-state index >= 15 is 0 Å². The summed E-state index contributed by atoms with van der Waals surface area (Å²) >= 11 is 1.50. The van der Waals surface area contributed by atoms with Crippen molar-refractivity contribution in [2.45, 2.75) is 19.2 Å². The van der Waals surface area contributed by atoms with Crippen LogP contribution in [0.25, 0.3) is 0 Å². The van der Waals surface area contributed by atoms with Gasteiger partial charge in [0.05, 0.1) is 11.3 Å². The largest absolute Gasteiger partial charge is 0.423 e. The SMILES string of the molecule is Cc1ccccc1OC(=O)c1ccc(N2C(=O)CSC2c2ccc(F)cc2)c(C)c1. The molecule has 3 aromatic rings. The average Bonchev–Trinajstić information content (AvgIpc) is 3.11. The first kappa shape index (κ1) is 20.2. The minimum Gasteiger partial charge on any atom is -0.423 e. The zero-order valence-corrected chi connectivity index (χ0v) is 17.4. The van der Waals surface area contributed by atoms with Crippen LogP contribution in [0.15, 0.2) is 66.7 Å². The number of rotatable bonds is 4. The molecule has 1 atom stereocenters.